The first-order chi connectivity index (χ1) is 9.58. The highest BCUT2D eigenvalue weighted by molar-refractivity contribution is 7.84. The molecule has 108 valence electrons. The first-order valence-corrected chi connectivity index (χ1v) is 7.66. The van der Waals surface area contributed by atoms with Gasteiger partial charge in [-0.1, -0.05) is 0 Å². The highest BCUT2D eigenvalue weighted by Gasteiger charge is 2.21. The number of hydrogen-bond donors (Lipinski definition) is 0. The van der Waals surface area contributed by atoms with Crippen LogP contribution in [0.15, 0.2) is 29.2 Å². The van der Waals surface area contributed by atoms with Crippen molar-refractivity contribution in [2.75, 3.05) is 32.6 Å². The molecule has 20 heavy (non-hydrogen) atoms. The van der Waals surface area contributed by atoms with E-state index in [4.69, 9.17) is 9.47 Å². The van der Waals surface area contributed by atoms with Crippen LogP contribution in [0.1, 0.15) is 10.4 Å². The minimum atomic E-state index is -1.07. The average molecular weight is 297 g/mol. The van der Waals surface area contributed by atoms with E-state index in [0.29, 0.717) is 30.2 Å². The number of benzene rings is 1. The van der Waals surface area contributed by atoms with Crippen molar-refractivity contribution >= 4 is 22.9 Å². The summed E-state index contributed by atoms with van der Waals surface area (Å²) in [4.78, 5) is 25.0. The summed E-state index contributed by atoms with van der Waals surface area (Å²) in [6.07, 6.45) is 1.19. The Balaban J connectivity index is 1.82. The second-order valence-electron chi connectivity index (χ2n) is 4.22. The Bertz CT molecular complexity index is 528. The Labute approximate surface area is 119 Å². The van der Waals surface area contributed by atoms with Crippen molar-refractivity contribution in [3.05, 3.63) is 29.8 Å². The molecule has 1 aromatic rings. The SMILES string of the molecule is CS(=O)c1ccc(C(=O)OCCN2CCOC2=O)cc1. The van der Waals surface area contributed by atoms with E-state index in [1.54, 1.807) is 30.5 Å². The summed E-state index contributed by atoms with van der Waals surface area (Å²) in [6.45, 7) is 1.34. The van der Waals surface area contributed by atoms with Gasteiger partial charge in [-0.15, -0.1) is 0 Å². The van der Waals surface area contributed by atoms with Gasteiger partial charge in [0, 0.05) is 22.0 Å². The Morgan fingerprint density at radius 1 is 1.40 bits per heavy atom. The summed E-state index contributed by atoms with van der Waals surface area (Å²) in [5, 5.41) is 0. The lowest BCUT2D eigenvalue weighted by atomic mass is 10.2. The highest BCUT2D eigenvalue weighted by Crippen LogP contribution is 2.09. The van der Waals surface area contributed by atoms with E-state index in [-0.39, 0.29) is 12.7 Å². The number of nitrogens with zero attached hydrogens (tertiary/aromatic N) is 1. The molecule has 7 heteroatoms. The standard InChI is InChI=1S/C13H15NO5S/c1-20(17)11-4-2-10(3-5-11)12(15)18-8-6-14-7-9-19-13(14)16/h2-5H,6-9H2,1H3. The van der Waals surface area contributed by atoms with Crippen LogP contribution in [0.3, 0.4) is 0 Å². The molecular formula is C13H15NO5S. The van der Waals surface area contributed by atoms with E-state index in [1.807, 2.05) is 0 Å². The van der Waals surface area contributed by atoms with E-state index < -0.39 is 16.8 Å². The molecule has 2 rings (SSSR count). The third-order valence-electron chi connectivity index (χ3n) is 2.86. The van der Waals surface area contributed by atoms with Crippen molar-refractivity contribution in [2.45, 2.75) is 4.90 Å². The molecule has 1 atom stereocenters. The van der Waals surface area contributed by atoms with Crippen LogP contribution in [-0.2, 0) is 20.3 Å². The van der Waals surface area contributed by atoms with E-state index in [1.165, 1.54) is 4.90 Å². The number of amides is 1. The Morgan fingerprint density at radius 3 is 2.65 bits per heavy atom. The zero-order chi connectivity index (χ0) is 14.5. The molecule has 0 saturated carbocycles. The number of esters is 1. The van der Waals surface area contributed by atoms with Gasteiger partial charge in [0.15, 0.2) is 0 Å². The normalized spacial score (nSPS) is 15.8. The van der Waals surface area contributed by atoms with Crippen LogP contribution in [0.4, 0.5) is 4.79 Å². The summed E-state index contributed by atoms with van der Waals surface area (Å²) in [5.74, 6) is -0.467. The molecule has 6 nitrogen and oxygen atoms in total. The predicted octanol–water partition coefficient (Wildman–Crippen LogP) is 1.03. The van der Waals surface area contributed by atoms with Crippen molar-refractivity contribution < 1.29 is 23.3 Å². The number of carbonyl (C=O) groups excluding carboxylic acids is 2. The molecule has 1 unspecified atom stereocenters. The lowest BCUT2D eigenvalue weighted by Gasteiger charge is -2.12. The first-order valence-electron chi connectivity index (χ1n) is 6.10. The summed E-state index contributed by atoms with van der Waals surface area (Å²) >= 11 is 0. The summed E-state index contributed by atoms with van der Waals surface area (Å²) < 4.78 is 21.1. The molecule has 1 saturated heterocycles. The molecule has 0 radical (unpaired) electrons. The van der Waals surface area contributed by atoms with Crippen molar-refractivity contribution in [3.63, 3.8) is 0 Å². The third kappa shape index (κ3) is 3.57. The van der Waals surface area contributed by atoms with Gasteiger partial charge in [-0.05, 0) is 24.3 Å². The number of rotatable bonds is 5. The van der Waals surface area contributed by atoms with Crippen molar-refractivity contribution in [1.29, 1.82) is 0 Å². The monoisotopic (exact) mass is 297 g/mol. The number of cyclic esters (lactones) is 1. The molecule has 1 aliphatic rings. The largest absolute Gasteiger partial charge is 0.460 e. The lowest BCUT2D eigenvalue weighted by Crippen LogP contribution is -2.29. The minimum absolute atomic E-state index is 0.120. The third-order valence-corrected chi connectivity index (χ3v) is 3.80. The van der Waals surface area contributed by atoms with Crippen LogP contribution in [0.5, 0.6) is 0 Å². The first kappa shape index (κ1) is 14.5. The van der Waals surface area contributed by atoms with Gasteiger partial charge in [0.2, 0.25) is 0 Å². The molecule has 0 spiro atoms. The number of ether oxygens (including phenoxy) is 2. The van der Waals surface area contributed by atoms with Crippen molar-refractivity contribution in [1.82, 2.24) is 4.90 Å². The van der Waals surface area contributed by atoms with Crippen LogP contribution in [-0.4, -0.2) is 53.7 Å². The van der Waals surface area contributed by atoms with Crippen LogP contribution < -0.4 is 0 Å². The fraction of sp³-hybridized carbons (Fsp3) is 0.385. The Hall–Kier alpha value is -1.89. The topological polar surface area (TPSA) is 72.9 Å². The predicted molar refractivity (Wildman–Crippen MR) is 72.0 cm³/mol. The molecule has 1 heterocycles. The molecule has 0 aliphatic carbocycles. The van der Waals surface area contributed by atoms with E-state index in [2.05, 4.69) is 0 Å². The van der Waals surface area contributed by atoms with Gasteiger partial charge in [0.05, 0.1) is 18.7 Å². The van der Waals surface area contributed by atoms with Crippen LogP contribution in [0.2, 0.25) is 0 Å². The van der Waals surface area contributed by atoms with Gasteiger partial charge in [-0.3, -0.25) is 4.21 Å². The zero-order valence-corrected chi connectivity index (χ0v) is 11.9. The van der Waals surface area contributed by atoms with Crippen LogP contribution in [0.25, 0.3) is 0 Å². The number of hydrogen-bond acceptors (Lipinski definition) is 5. The fourth-order valence-electron chi connectivity index (χ4n) is 1.74. The quantitative estimate of drug-likeness (QED) is 0.759. The van der Waals surface area contributed by atoms with E-state index >= 15 is 0 Å². The molecular weight excluding hydrogens is 282 g/mol. The summed E-state index contributed by atoms with van der Waals surface area (Å²) in [6, 6.07) is 6.40. The molecule has 1 amide bonds. The molecule has 1 fully saturated rings. The fourth-order valence-corrected chi connectivity index (χ4v) is 2.26. The van der Waals surface area contributed by atoms with Gasteiger partial charge < -0.3 is 14.4 Å². The summed E-state index contributed by atoms with van der Waals surface area (Å²) in [5.41, 5.74) is 0.392. The smallest absolute Gasteiger partial charge is 0.410 e. The Morgan fingerprint density at radius 2 is 2.10 bits per heavy atom. The van der Waals surface area contributed by atoms with Gasteiger partial charge in [-0.2, -0.15) is 0 Å². The van der Waals surface area contributed by atoms with Crippen molar-refractivity contribution in [3.8, 4) is 0 Å². The molecule has 0 N–H and O–H groups in total. The molecule has 0 aromatic heterocycles. The maximum absolute atomic E-state index is 11.7. The average Bonchev–Trinajstić information content (AvgIpc) is 2.84. The Kier molecular flexibility index (Phi) is 4.73. The second kappa shape index (κ2) is 6.51. The lowest BCUT2D eigenvalue weighted by molar-refractivity contribution is 0.0477. The molecule has 0 bridgehead atoms. The number of carbonyl (C=O) groups is 2. The van der Waals surface area contributed by atoms with Crippen LogP contribution in [0, 0.1) is 0 Å². The van der Waals surface area contributed by atoms with Gasteiger partial charge in [0.1, 0.15) is 13.2 Å². The molecule has 1 aromatic carbocycles. The maximum atomic E-state index is 11.7. The molecule has 1 aliphatic heterocycles. The van der Waals surface area contributed by atoms with Crippen LogP contribution >= 0.6 is 0 Å². The van der Waals surface area contributed by atoms with E-state index in [0.717, 1.165) is 0 Å². The van der Waals surface area contributed by atoms with Gasteiger partial charge in [-0.25, -0.2) is 9.59 Å². The summed E-state index contributed by atoms with van der Waals surface area (Å²) in [7, 11) is -1.07. The highest BCUT2D eigenvalue weighted by atomic mass is 32.2. The van der Waals surface area contributed by atoms with E-state index in [9.17, 15) is 13.8 Å². The maximum Gasteiger partial charge on any atom is 0.410 e. The second-order valence-corrected chi connectivity index (χ2v) is 5.60. The van der Waals surface area contributed by atoms with Gasteiger partial charge in [0.25, 0.3) is 0 Å². The van der Waals surface area contributed by atoms with Gasteiger partial charge >= 0.3 is 12.1 Å². The van der Waals surface area contributed by atoms with Crippen molar-refractivity contribution in [2.24, 2.45) is 0 Å². The minimum Gasteiger partial charge on any atom is -0.460 e. The zero-order valence-electron chi connectivity index (χ0n) is 11.0.